The topological polar surface area (TPSA) is 85.6 Å². The minimum atomic E-state index is -3.61. The highest BCUT2D eigenvalue weighted by Crippen LogP contribution is 2.27. The van der Waals surface area contributed by atoms with Crippen molar-refractivity contribution in [2.75, 3.05) is 13.7 Å². The standard InChI is InChI=1S/C15H15BrN4O3S/c1-23-13-6-5-11(10-12(13)16)24(21,22)17-8-7-15-19-18-14-4-2-3-9-20(14)15/h2-6,9-10,17H,7-8H2,1H3. The van der Waals surface area contributed by atoms with Crippen LogP contribution >= 0.6 is 15.9 Å². The third kappa shape index (κ3) is 3.42. The van der Waals surface area contributed by atoms with Gasteiger partial charge in [-0.3, -0.25) is 4.40 Å². The molecule has 9 heteroatoms. The maximum atomic E-state index is 12.4. The summed E-state index contributed by atoms with van der Waals surface area (Å²) >= 11 is 3.29. The number of nitrogens with one attached hydrogen (secondary N) is 1. The van der Waals surface area contributed by atoms with Gasteiger partial charge in [-0.25, -0.2) is 13.1 Å². The Labute approximate surface area is 147 Å². The molecule has 0 fully saturated rings. The lowest BCUT2D eigenvalue weighted by atomic mass is 10.3. The molecule has 0 saturated heterocycles. The minimum absolute atomic E-state index is 0.168. The molecule has 0 radical (unpaired) electrons. The zero-order valence-corrected chi connectivity index (χ0v) is 15.2. The van der Waals surface area contributed by atoms with Crippen LogP contribution in [-0.2, 0) is 16.4 Å². The number of hydrogen-bond donors (Lipinski definition) is 1. The van der Waals surface area contributed by atoms with Gasteiger partial charge in [0.25, 0.3) is 0 Å². The first-order valence-corrected chi connectivity index (χ1v) is 9.41. The number of pyridine rings is 1. The van der Waals surface area contributed by atoms with Gasteiger partial charge in [0.1, 0.15) is 11.6 Å². The van der Waals surface area contributed by atoms with Gasteiger partial charge in [0.2, 0.25) is 10.0 Å². The molecule has 0 aliphatic rings. The summed E-state index contributed by atoms with van der Waals surface area (Å²) in [5, 5.41) is 8.12. The summed E-state index contributed by atoms with van der Waals surface area (Å²) in [5.74, 6) is 1.27. The van der Waals surface area contributed by atoms with Crippen LogP contribution in [-0.4, -0.2) is 36.7 Å². The number of nitrogens with zero attached hydrogens (tertiary/aromatic N) is 3. The Kier molecular flexibility index (Phi) is 4.83. The van der Waals surface area contributed by atoms with E-state index in [1.165, 1.54) is 19.2 Å². The van der Waals surface area contributed by atoms with Gasteiger partial charge in [-0.05, 0) is 46.3 Å². The van der Waals surface area contributed by atoms with Crippen molar-refractivity contribution in [1.82, 2.24) is 19.3 Å². The van der Waals surface area contributed by atoms with Gasteiger partial charge in [0.15, 0.2) is 5.65 Å². The number of rotatable bonds is 6. The van der Waals surface area contributed by atoms with Gasteiger partial charge < -0.3 is 4.74 Å². The number of fused-ring (bicyclic) bond motifs is 1. The molecule has 0 bridgehead atoms. The second-order valence-electron chi connectivity index (χ2n) is 4.99. The van der Waals surface area contributed by atoms with Crippen molar-refractivity contribution in [3.8, 4) is 5.75 Å². The fourth-order valence-electron chi connectivity index (χ4n) is 2.26. The molecule has 1 N–H and O–H groups in total. The van der Waals surface area contributed by atoms with E-state index in [0.29, 0.717) is 22.5 Å². The Morgan fingerprint density at radius 2 is 2.08 bits per heavy atom. The van der Waals surface area contributed by atoms with E-state index in [9.17, 15) is 8.42 Å². The molecule has 0 unspecified atom stereocenters. The van der Waals surface area contributed by atoms with E-state index >= 15 is 0 Å². The summed E-state index contributed by atoms with van der Waals surface area (Å²) in [6, 6.07) is 10.2. The Bertz CT molecular complexity index is 972. The molecule has 0 amide bonds. The predicted octanol–water partition coefficient (Wildman–Crippen LogP) is 2.02. The van der Waals surface area contributed by atoms with Crippen molar-refractivity contribution in [3.05, 3.63) is 52.9 Å². The highest BCUT2D eigenvalue weighted by atomic mass is 79.9. The Morgan fingerprint density at radius 1 is 1.25 bits per heavy atom. The first-order valence-electron chi connectivity index (χ1n) is 7.13. The zero-order chi connectivity index (χ0) is 17.2. The highest BCUT2D eigenvalue weighted by Gasteiger charge is 2.16. The first-order chi connectivity index (χ1) is 11.5. The van der Waals surface area contributed by atoms with Gasteiger partial charge in [-0.1, -0.05) is 6.07 Å². The number of sulfonamides is 1. The Morgan fingerprint density at radius 3 is 2.83 bits per heavy atom. The summed E-state index contributed by atoms with van der Waals surface area (Å²) in [5.41, 5.74) is 0.731. The smallest absolute Gasteiger partial charge is 0.240 e. The first kappa shape index (κ1) is 16.9. The van der Waals surface area contributed by atoms with Crippen LogP contribution in [0.5, 0.6) is 5.75 Å². The zero-order valence-electron chi connectivity index (χ0n) is 12.8. The third-order valence-electron chi connectivity index (χ3n) is 3.46. The minimum Gasteiger partial charge on any atom is -0.496 e. The molecule has 0 spiro atoms. The van der Waals surface area contributed by atoms with Crippen LogP contribution < -0.4 is 9.46 Å². The van der Waals surface area contributed by atoms with Crippen LogP contribution in [0.1, 0.15) is 5.82 Å². The van der Waals surface area contributed by atoms with Crippen molar-refractivity contribution in [2.24, 2.45) is 0 Å². The van der Waals surface area contributed by atoms with E-state index in [0.717, 1.165) is 5.65 Å². The maximum Gasteiger partial charge on any atom is 0.240 e. The van der Waals surface area contributed by atoms with E-state index in [1.807, 2.05) is 28.8 Å². The maximum absolute atomic E-state index is 12.4. The van der Waals surface area contributed by atoms with Crippen molar-refractivity contribution in [3.63, 3.8) is 0 Å². The lowest BCUT2D eigenvalue weighted by Crippen LogP contribution is -2.26. The average molecular weight is 411 g/mol. The molecule has 3 aromatic rings. The Hall–Kier alpha value is -1.97. The summed E-state index contributed by atoms with van der Waals surface area (Å²) < 4.78 is 34.8. The molecule has 3 rings (SSSR count). The number of halogens is 1. The van der Waals surface area contributed by atoms with Gasteiger partial charge >= 0.3 is 0 Å². The van der Waals surface area contributed by atoms with Crippen molar-refractivity contribution >= 4 is 31.6 Å². The molecule has 0 aliphatic carbocycles. The molecule has 0 aliphatic heterocycles. The summed E-state index contributed by atoms with van der Waals surface area (Å²) in [4.78, 5) is 0.168. The fourth-order valence-corrected chi connectivity index (χ4v) is 4.01. The van der Waals surface area contributed by atoms with Crippen LogP contribution in [0, 0.1) is 0 Å². The number of benzene rings is 1. The lowest BCUT2D eigenvalue weighted by Gasteiger charge is -2.08. The monoisotopic (exact) mass is 410 g/mol. The van der Waals surface area contributed by atoms with Gasteiger partial charge in [0.05, 0.1) is 16.5 Å². The molecule has 0 atom stereocenters. The van der Waals surface area contributed by atoms with E-state index in [4.69, 9.17) is 4.74 Å². The second-order valence-corrected chi connectivity index (χ2v) is 7.61. The van der Waals surface area contributed by atoms with E-state index < -0.39 is 10.0 Å². The summed E-state index contributed by atoms with van der Waals surface area (Å²) in [6.07, 6.45) is 2.28. The molecule has 126 valence electrons. The largest absolute Gasteiger partial charge is 0.496 e. The van der Waals surface area contributed by atoms with Crippen LogP contribution in [0.25, 0.3) is 5.65 Å². The summed E-state index contributed by atoms with van der Waals surface area (Å²) in [6.45, 7) is 0.224. The van der Waals surface area contributed by atoms with Gasteiger partial charge in [-0.15, -0.1) is 10.2 Å². The molecule has 7 nitrogen and oxygen atoms in total. The molecular formula is C15H15BrN4O3S. The number of hydrogen-bond acceptors (Lipinski definition) is 5. The summed E-state index contributed by atoms with van der Waals surface area (Å²) in [7, 11) is -2.08. The van der Waals surface area contributed by atoms with Crippen LogP contribution in [0.3, 0.4) is 0 Å². The van der Waals surface area contributed by atoms with Crippen LogP contribution in [0.2, 0.25) is 0 Å². The van der Waals surface area contributed by atoms with E-state index in [2.05, 4.69) is 30.8 Å². The molecule has 24 heavy (non-hydrogen) atoms. The second kappa shape index (κ2) is 6.88. The van der Waals surface area contributed by atoms with Crippen molar-refractivity contribution in [2.45, 2.75) is 11.3 Å². The predicted molar refractivity (Wildman–Crippen MR) is 92.6 cm³/mol. The molecule has 2 aromatic heterocycles. The Balaban J connectivity index is 1.70. The van der Waals surface area contributed by atoms with Crippen LogP contribution in [0.4, 0.5) is 0 Å². The number of ether oxygens (including phenoxy) is 1. The lowest BCUT2D eigenvalue weighted by molar-refractivity contribution is 0.411. The van der Waals surface area contributed by atoms with E-state index in [-0.39, 0.29) is 11.4 Å². The van der Waals surface area contributed by atoms with Crippen molar-refractivity contribution < 1.29 is 13.2 Å². The SMILES string of the molecule is COc1ccc(S(=O)(=O)NCCc2nnc3ccccn23)cc1Br. The van der Waals surface area contributed by atoms with Gasteiger partial charge in [0, 0.05) is 19.2 Å². The number of methoxy groups -OCH3 is 1. The molecule has 2 heterocycles. The van der Waals surface area contributed by atoms with E-state index in [1.54, 1.807) is 6.07 Å². The van der Waals surface area contributed by atoms with Gasteiger partial charge in [-0.2, -0.15) is 0 Å². The molecule has 1 aromatic carbocycles. The third-order valence-corrected chi connectivity index (χ3v) is 5.54. The average Bonchev–Trinajstić information content (AvgIpc) is 2.98. The highest BCUT2D eigenvalue weighted by molar-refractivity contribution is 9.10. The normalized spacial score (nSPS) is 11.8. The fraction of sp³-hybridized carbons (Fsp3) is 0.200. The quantitative estimate of drug-likeness (QED) is 0.671. The molecular weight excluding hydrogens is 396 g/mol. The number of aromatic nitrogens is 3. The molecule has 0 saturated carbocycles. The van der Waals surface area contributed by atoms with Crippen molar-refractivity contribution in [1.29, 1.82) is 0 Å². The van der Waals surface area contributed by atoms with Crippen LogP contribution in [0.15, 0.2) is 52.0 Å².